The zero-order valence-corrected chi connectivity index (χ0v) is 17.4. The molecule has 4 rings (SSSR count). The number of halogens is 1. The molecule has 0 radical (unpaired) electrons. The number of aromatic nitrogens is 5. The van der Waals surface area contributed by atoms with E-state index < -0.39 is 5.82 Å². The first-order chi connectivity index (χ1) is 14.0. The van der Waals surface area contributed by atoms with Gasteiger partial charge in [0.2, 0.25) is 0 Å². The van der Waals surface area contributed by atoms with Crippen molar-refractivity contribution in [2.45, 2.75) is 56.2 Å². The van der Waals surface area contributed by atoms with Crippen molar-refractivity contribution in [3.63, 3.8) is 0 Å². The Morgan fingerprint density at radius 1 is 1.34 bits per heavy atom. The minimum atomic E-state index is -0.501. The summed E-state index contributed by atoms with van der Waals surface area (Å²) in [5.74, 6) is -0.410. The average Bonchev–Trinajstić information content (AvgIpc) is 3.25. The van der Waals surface area contributed by atoms with Gasteiger partial charge in [-0.15, -0.1) is 10.2 Å². The van der Waals surface area contributed by atoms with Crippen LogP contribution in [0.1, 0.15) is 46.0 Å². The fourth-order valence-electron chi connectivity index (χ4n) is 3.87. The zero-order chi connectivity index (χ0) is 20.4. The van der Waals surface area contributed by atoms with Gasteiger partial charge in [-0.2, -0.15) is 0 Å². The lowest BCUT2D eigenvalue weighted by Crippen LogP contribution is -2.26. The van der Waals surface area contributed by atoms with Crippen molar-refractivity contribution in [3.8, 4) is 22.8 Å². The molecule has 1 aromatic carbocycles. The van der Waals surface area contributed by atoms with E-state index in [9.17, 15) is 9.50 Å². The van der Waals surface area contributed by atoms with Crippen molar-refractivity contribution in [2.24, 2.45) is 5.41 Å². The molecule has 2 aromatic heterocycles. The Labute approximate surface area is 173 Å². The Kier molecular flexibility index (Phi) is 5.54. The SMILES string of the molecule is CC[C@@]1(C)CCC[C@@H](Sc2cnc(-c3cc(F)c(-n4ccnc4)cc3O)nn2)C1. The van der Waals surface area contributed by atoms with E-state index in [-0.39, 0.29) is 22.8 Å². The van der Waals surface area contributed by atoms with E-state index in [0.717, 1.165) is 5.03 Å². The molecule has 8 heteroatoms. The lowest BCUT2D eigenvalue weighted by atomic mass is 9.74. The molecule has 0 unspecified atom stereocenters. The van der Waals surface area contributed by atoms with Crippen LogP contribution in [0.15, 0.2) is 42.1 Å². The zero-order valence-electron chi connectivity index (χ0n) is 16.5. The topological polar surface area (TPSA) is 76.7 Å². The number of thioether (sulfide) groups is 1. The largest absolute Gasteiger partial charge is 0.507 e. The average molecular weight is 414 g/mol. The third-order valence-electron chi connectivity index (χ3n) is 5.80. The van der Waals surface area contributed by atoms with Crippen molar-refractivity contribution in [1.82, 2.24) is 24.7 Å². The molecule has 0 bridgehead atoms. The highest BCUT2D eigenvalue weighted by atomic mass is 32.2. The highest BCUT2D eigenvalue weighted by Gasteiger charge is 2.31. The first-order valence-corrected chi connectivity index (χ1v) is 10.7. The molecule has 3 aromatic rings. The second kappa shape index (κ2) is 8.10. The summed E-state index contributed by atoms with van der Waals surface area (Å²) in [6.07, 6.45) is 12.3. The van der Waals surface area contributed by atoms with Gasteiger partial charge in [0.15, 0.2) is 5.82 Å². The molecule has 29 heavy (non-hydrogen) atoms. The molecule has 0 amide bonds. The number of hydrogen-bond acceptors (Lipinski definition) is 6. The van der Waals surface area contributed by atoms with Gasteiger partial charge < -0.3 is 9.67 Å². The lowest BCUT2D eigenvalue weighted by molar-refractivity contribution is 0.213. The molecule has 0 aliphatic heterocycles. The van der Waals surface area contributed by atoms with E-state index in [2.05, 4.69) is 34.0 Å². The van der Waals surface area contributed by atoms with Gasteiger partial charge >= 0.3 is 0 Å². The van der Waals surface area contributed by atoms with Gasteiger partial charge in [-0.25, -0.2) is 14.4 Å². The van der Waals surface area contributed by atoms with Gasteiger partial charge in [0.1, 0.15) is 16.6 Å². The van der Waals surface area contributed by atoms with Gasteiger partial charge in [-0.05, 0) is 30.7 Å². The molecule has 6 nitrogen and oxygen atoms in total. The third-order valence-corrected chi connectivity index (χ3v) is 6.96. The Morgan fingerprint density at radius 3 is 2.90 bits per heavy atom. The number of hydrogen-bond donors (Lipinski definition) is 1. The maximum atomic E-state index is 14.5. The molecule has 1 fully saturated rings. The number of aromatic hydroxyl groups is 1. The quantitative estimate of drug-likeness (QED) is 0.633. The number of nitrogens with zero attached hydrogens (tertiary/aromatic N) is 5. The molecule has 0 spiro atoms. The van der Waals surface area contributed by atoms with Gasteiger partial charge in [0.05, 0.1) is 23.8 Å². The molecule has 1 N–H and O–H groups in total. The Balaban J connectivity index is 1.52. The molecule has 2 atom stereocenters. The van der Waals surface area contributed by atoms with E-state index in [1.54, 1.807) is 30.4 Å². The van der Waals surface area contributed by atoms with Crippen molar-refractivity contribution < 1.29 is 9.50 Å². The monoisotopic (exact) mass is 413 g/mol. The van der Waals surface area contributed by atoms with Crippen LogP contribution in [0.5, 0.6) is 5.75 Å². The second-order valence-electron chi connectivity index (χ2n) is 7.91. The summed E-state index contributed by atoms with van der Waals surface area (Å²) >= 11 is 1.71. The van der Waals surface area contributed by atoms with Crippen LogP contribution < -0.4 is 0 Å². The summed E-state index contributed by atoms with van der Waals surface area (Å²) in [5, 5.41) is 20.0. The van der Waals surface area contributed by atoms with Crippen LogP contribution >= 0.6 is 11.8 Å². The van der Waals surface area contributed by atoms with Crippen LogP contribution in [0.25, 0.3) is 17.1 Å². The number of phenolic OH excluding ortho intramolecular Hbond substituents is 1. The maximum Gasteiger partial charge on any atom is 0.185 e. The summed E-state index contributed by atoms with van der Waals surface area (Å²) in [7, 11) is 0. The molecular weight excluding hydrogens is 389 g/mol. The summed E-state index contributed by atoms with van der Waals surface area (Å²) in [5.41, 5.74) is 0.823. The predicted molar refractivity (Wildman–Crippen MR) is 111 cm³/mol. The smallest absolute Gasteiger partial charge is 0.185 e. The standard InChI is InChI=1S/C21H24FN5OS/c1-3-21(2)6-4-5-14(11-21)29-19-12-24-20(26-25-19)15-9-16(22)17(10-18(15)28)27-8-7-23-13-27/h7-10,12-14,28H,3-6,11H2,1-2H3/t14-,21+/m1/s1. The van der Waals surface area contributed by atoms with Crippen LogP contribution in [-0.4, -0.2) is 35.1 Å². The lowest BCUT2D eigenvalue weighted by Gasteiger charge is -2.37. The molecule has 1 aliphatic carbocycles. The number of rotatable bonds is 5. The normalized spacial score (nSPS) is 22.0. The van der Waals surface area contributed by atoms with Crippen LogP contribution in [0.2, 0.25) is 0 Å². The van der Waals surface area contributed by atoms with Crippen molar-refractivity contribution in [2.75, 3.05) is 0 Å². The Morgan fingerprint density at radius 2 is 2.21 bits per heavy atom. The van der Waals surface area contributed by atoms with Gasteiger partial charge in [-0.3, -0.25) is 0 Å². The minimum absolute atomic E-state index is 0.108. The first-order valence-electron chi connectivity index (χ1n) is 9.85. The maximum absolute atomic E-state index is 14.5. The highest BCUT2D eigenvalue weighted by Crippen LogP contribution is 2.44. The Hall–Kier alpha value is -2.48. The predicted octanol–water partition coefficient (Wildman–Crippen LogP) is 5.02. The van der Waals surface area contributed by atoms with Crippen LogP contribution in [0.4, 0.5) is 4.39 Å². The molecular formula is C21H24FN5OS. The summed E-state index contributed by atoms with van der Waals surface area (Å²) < 4.78 is 16.0. The molecule has 2 heterocycles. The van der Waals surface area contributed by atoms with Crippen molar-refractivity contribution in [3.05, 3.63) is 42.9 Å². The van der Waals surface area contributed by atoms with Crippen LogP contribution in [-0.2, 0) is 0 Å². The van der Waals surface area contributed by atoms with Crippen LogP contribution in [0.3, 0.4) is 0 Å². The highest BCUT2D eigenvalue weighted by molar-refractivity contribution is 7.99. The van der Waals surface area contributed by atoms with Crippen molar-refractivity contribution in [1.29, 1.82) is 0 Å². The molecule has 1 saturated carbocycles. The molecule has 0 saturated heterocycles. The van der Waals surface area contributed by atoms with Crippen molar-refractivity contribution >= 4 is 11.8 Å². The van der Waals surface area contributed by atoms with E-state index in [0.29, 0.717) is 10.7 Å². The van der Waals surface area contributed by atoms with E-state index >= 15 is 0 Å². The summed E-state index contributed by atoms with van der Waals surface area (Å²) in [6, 6.07) is 2.56. The van der Waals surface area contributed by atoms with E-state index in [4.69, 9.17) is 0 Å². The third kappa shape index (κ3) is 4.27. The molecule has 1 aliphatic rings. The van der Waals surface area contributed by atoms with E-state index in [1.807, 2.05) is 0 Å². The fourth-order valence-corrected chi connectivity index (χ4v) is 5.19. The van der Waals surface area contributed by atoms with E-state index in [1.165, 1.54) is 55.1 Å². The Bertz CT molecular complexity index is 979. The van der Waals surface area contributed by atoms with Gasteiger partial charge in [-0.1, -0.05) is 38.5 Å². The number of phenols is 1. The van der Waals surface area contributed by atoms with Gasteiger partial charge in [0, 0.05) is 23.7 Å². The number of imidazole rings is 1. The fraction of sp³-hybridized carbons (Fsp3) is 0.429. The molecule has 152 valence electrons. The number of benzene rings is 1. The first kappa shape index (κ1) is 19.8. The minimum Gasteiger partial charge on any atom is -0.507 e. The van der Waals surface area contributed by atoms with Gasteiger partial charge in [0.25, 0.3) is 0 Å². The second-order valence-corrected chi connectivity index (χ2v) is 9.23. The summed E-state index contributed by atoms with van der Waals surface area (Å²) in [6.45, 7) is 4.62. The summed E-state index contributed by atoms with van der Waals surface area (Å²) in [4.78, 5) is 8.22. The van der Waals surface area contributed by atoms with Crippen LogP contribution in [0, 0.1) is 11.2 Å².